The maximum Gasteiger partial charge on any atom is 0.227 e. The van der Waals surface area contributed by atoms with Gasteiger partial charge in [-0.25, -0.2) is 0 Å². The summed E-state index contributed by atoms with van der Waals surface area (Å²) in [6.45, 7) is 4.79. The van der Waals surface area contributed by atoms with Gasteiger partial charge in [-0.2, -0.15) is 0 Å². The average molecular weight is 262 g/mol. The normalized spacial score (nSPS) is 20.1. The molecule has 1 saturated heterocycles. The molecule has 1 unspecified atom stereocenters. The number of amides is 1. The average Bonchev–Trinajstić information content (AvgIpc) is 2.64. The molecule has 1 amide bonds. The summed E-state index contributed by atoms with van der Waals surface area (Å²) >= 11 is 0. The van der Waals surface area contributed by atoms with E-state index in [0.29, 0.717) is 19.5 Å². The molecule has 0 spiro atoms. The molecule has 1 heterocycles. The molecule has 0 radical (unpaired) electrons. The van der Waals surface area contributed by atoms with Gasteiger partial charge in [-0.05, 0) is 24.5 Å². The Hall–Kier alpha value is -1.39. The molecule has 2 rings (SSSR count). The minimum absolute atomic E-state index is 0.131. The zero-order valence-corrected chi connectivity index (χ0v) is 11.5. The van der Waals surface area contributed by atoms with Crippen LogP contribution in [0.1, 0.15) is 24.5 Å². The second-order valence-electron chi connectivity index (χ2n) is 5.07. The Bertz CT molecular complexity index is 417. The molecule has 1 aliphatic rings. The first-order chi connectivity index (χ1) is 9.19. The third kappa shape index (κ3) is 4.04. The van der Waals surface area contributed by atoms with Gasteiger partial charge in [-0.3, -0.25) is 4.79 Å². The van der Waals surface area contributed by atoms with Gasteiger partial charge in [0.2, 0.25) is 5.91 Å². The number of nitrogens with zero attached hydrogens (tertiary/aromatic N) is 1. The van der Waals surface area contributed by atoms with Gasteiger partial charge >= 0.3 is 0 Å². The van der Waals surface area contributed by atoms with Crippen molar-refractivity contribution in [2.24, 2.45) is 5.73 Å². The Labute approximate surface area is 114 Å². The van der Waals surface area contributed by atoms with Gasteiger partial charge in [0.15, 0.2) is 0 Å². The van der Waals surface area contributed by atoms with Gasteiger partial charge in [0.1, 0.15) is 0 Å². The van der Waals surface area contributed by atoms with Crippen LogP contribution in [0, 0.1) is 0 Å². The monoisotopic (exact) mass is 262 g/mol. The number of hydrogen-bond acceptors (Lipinski definition) is 3. The summed E-state index contributed by atoms with van der Waals surface area (Å²) < 4.78 is 5.56. The molecule has 0 saturated carbocycles. The molecule has 1 atom stereocenters. The Kier molecular flexibility index (Phi) is 4.93. The fourth-order valence-electron chi connectivity index (χ4n) is 2.30. The molecule has 4 heteroatoms. The maximum atomic E-state index is 12.3. The molecule has 1 fully saturated rings. The van der Waals surface area contributed by atoms with Crippen molar-refractivity contribution in [1.82, 2.24) is 4.90 Å². The van der Waals surface area contributed by atoms with Crippen molar-refractivity contribution in [2.45, 2.75) is 32.4 Å². The van der Waals surface area contributed by atoms with Gasteiger partial charge in [0, 0.05) is 26.2 Å². The summed E-state index contributed by atoms with van der Waals surface area (Å²) in [6.07, 6.45) is 1.51. The zero-order valence-electron chi connectivity index (χ0n) is 11.5. The van der Waals surface area contributed by atoms with Gasteiger partial charge in [-0.1, -0.05) is 24.3 Å². The summed E-state index contributed by atoms with van der Waals surface area (Å²) in [4.78, 5) is 14.2. The molecule has 0 aliphatic carbocycles. The lowest BCUT2D eigenvalue weighted by Gasteiger charge is -2.22. The highest BCUT2D eigenvalue weighted by Gasteiger charge is 2.19. The number of carbonyl (C=O) groups is 1. The number of carbonyl (C=O) groups excluding carboxylic acids is 1. The smallest absolute Gasteiger partial charge is 0.227 e. The molecule has 104 valence electrons. The minimum atomic E-state index is 0.131. The quantitative estimate of drug-likeness (QED) is 0.894. The Morgan fingerprint density at radius 1 is 1.37 bits per heavy atom. The molecule has 0 aromatic heterocycles. The largest absolute Gasteiger partial charge is 0.377 e. The van der Waals surface area contributed by atoms with Gasteiger partial charge in [0.05, 0.1) is 12.5 Å². The first-order valence-corrected chi connectivity index (χ1v) is 6.86. The van der Waals surface area contributed by atoms with Crippen molar-refractivity contribution in [3.8, 4) is 0 Å². The minimum Gasteiger partial charge on any atom is -0.377 e. The Morgan fingerprint density at radius 3 is 2.74 bits per heavy atom. The zero-order chi connectivity index (χ0) is 13.7. The summed E-state index contributed by atoms with van der Waals surface area (Å²) in [5, 5.41) is 0. The Balaban J connectivity index is 1.95. The van der Waals surface area contributed by atoms with E-state index in [-0.39, 0.29) is 12.0 Å². The predicted molar refractivity (Wildman–Crippen MR) is 74.6 cm³/mol. The number of benzene rings is 1. The third-order valence-electron chi connectivity index (χ3n) is 3.42. The van der Waals surface area contributed by atoms with E-state index in [1.807, 2.05) is 36.1 Å². The van der Waals surface area contributed by atoms with Crippen molar-refractivity contribution < 1.29 is 9.53 Å². The summed E-state index contributed by atoms with van der Waals surface area (Å²) in [5.41, 5.74) is 7.69. The van der Waals surface area contributed by atoms with Gasteiger partial charge < -0.3 is 15.4 Å². The van der Waals surface area contributed by atoms with Crippen LogP contribution < -0.4 is 5.73 Å². The van der Waals surface area contributed by atoms with E-state index in [0.717, 1.165) is 30.7 Å². The number of nitrogens with two attached hydrogens (primary N) is 1. The summed E-state index contributed by atoms with van der Waals surface area (Å²) in [5.74, 6) is 0.179. The molecular formula is C15H22N2O2. The second-order valence-corrected chi connectivity index (χ2v) is 5.07. The van der Waals surface area contributed by atoms with Crippen LogP contribution in [0.3, 0.4) is 0 Å². The van der Waals surface area contributed by atoms with Crippen LogP contribution in [0.15, 0.2) is 24.3 Å². The van der Waals surface area contributed by atoms with E-state index in [9.17, 15) is 4.79 Å². The van der Waals surface area contributed by atoms with Crippen LogP contribution in [-0.2, 0) is 22.5 Å². The van der Waals surface area contributed by atoms with E-state index in [2.05, 4.69) is 0 Å². The molecule has 1 aromatic carbocycles. The summed E-state index contributed by atoms with van der Waals surface area (Å²) in [6, 6.07) is 7.93. The van der Waals surface area contributed by atoms with Crippen molar-refractivity contribution >= 4 is 5.91 Å². The number of hydrogen-bond donors (Lipinski definition) is 1. The van der Waals surface area contributed by atoms with Crippen LogP contribution >= 0.6 is 0 Å². The van der Waals surface area contributed by atoms with E-state index in [4.69, 9.17) is 10.5 Å². The first-order valence-electron chi connectivity index (χ1n) is 6.86. The highest BCUT2D eigenvalue weighted by Crippen LogP contribution is 2.10. The van der Waals surface area contributed by atoms with Crippen LogP contribution in [0.5, 0.6) is 0 Å². The standard InChI is InChI=1S/C15H22N2O2/c1-12-11-17(7-2-8-19-12)15(18)9-13-3-5-14(10-16)6-4-13/h3-6,12H,2,7-11,16H2,1H3. The lowest BCUT2D eigenvalue weighted by atomic mass is 10.1. The second kappa shape index (κ2) is 6.68. The van der Waals surface area contributed by atoms with Crippen molar-refractivity contribution in [3.63, 3.8) is 0 Å². The highest BCUT2D eigenvalue weighted by molar-refractivity contribution is 5.78. The van der Waals surface area contributed by atoms with E-state index in [1.54, 1.807) is 0 Å². The maximum absolute atomic E-state index is 12.3. The lowest BCUT2D eigenvalue weighted by molar-refractivity contribution is -0.131. The molecule has 19 heavy (non-hydrogen) atoms. The molecule has 1 aromatic rings. The number of ether oxygens (including phenoxy) is 1. The van der Waals surface area contributed by atoms with E-state index < -0.39 is 0 Å². The van der Waals surface area contributed by atoms with E-state index >= 15 is 0 Å². The first kappa shape index (κ1) is 14.0. The molecular weight excluding hydrogens is 240 g/mol. The predicted octanol–water partition coefficient (Wildman–Crippen LogP) is 1.33. The topological polar surface area (TPSA) is 55.6 Å². The highest BCUT2D eigenvalue weighted by atomic mass is 16.5. The Morgan fingerprint density at radius 2 is 2.05 bits per heavy atom. The van der Waals surface area contributed by atoms with Crippen LogP contribution in [0.4, 0.5) is 0 Å². The molecule has 2 N–H and O–H groups in total. The van der Waals surface area contributed by atoms with E-state index in [1.165, 1.54) is 0 Å². The van der Waals surface area contributed by atoms with Gasteiger partial charge in [0.25, 0.3) is 0 Å². The van der Waals surface area contributed by atoms with Crippen molar-refractivity contribution in [2.75, 3.05) is 19.7 Å². The van der Waals surface area contributed by atoms with Crippen LogP contribution in [0.25, 0.3) is 0 Å². The van der Waals surface area contributed by atoms with Crippen LogP contribution in [0.2, 0.25) is 0 Å². The molecule has 4 nitrogen and oxygen atoms in total. The van der Waals surface area contributed by atoms with Gasteiger partial charge in [-0.15, -0.1) is 0 Å². The third-order valence-corrected chi connectivity index (χ3v) is 3.42. The lowest BCUT2D eigenvalue weighted by Crippen LogP contribution is -2.36. The summed E-state index contributed by atoms with van der Waals surface area (Å²) in [7, 11) is 0. The van der Waals surface area contributed by atoms with Crippen molar-refractivity contribution in [1.29, 1.82) is 0 Å². The fourth-order valence-corrected chi connectivity index (χ4v) is 2.30. The number of rotatable bonds is 3. The molecule has 0 bridgehead atoms. The van der Waals surface area contributed by atoms with Crippen molar-refractivity contribution in [3.05, 3.63) is 35.4 Å². The SMILES string of the molecule is CC1CN(C(=O)Cc2ccc(CN)cc2)CCCO1. The fraction of sp³-hybridized carbons (Fsp3) is 0.533. The van der Waals surface area contributed by atoms with Crippen LogP contribution in [-0.4, -0.2) is 36.6 Å². The molecule has 1 aliphatic heterocycles.